The van der Waals surface area contributed by atoms with E-state index in [0.717, 1.165) is 0 Å². The summed E-state index contributed by atoms with van der Waals surface area (Å²) in [4.78, 5) is 27.5. The standard InChI is InChI=1S/C16H15ClN4O2/c1-11(20-21-16(23)12-6-8-18-9-7-12)10-15(22)19-14-4-2-13(17)3-5-14/h2-9H,10H2,1H3,(H,19,22)(H,21,23). The molecule has 2 rings (SSSR count). The van der Waals surface area contributed by atoms with Crippen molar-refractivity contribution in [2.75, 3.05) is 5.32 Å². The molecule has 23 heavy (non-hydrogen) atoms. The number of benzene rings is 1. The van der Waals surface area contributed by atoms with Crippen molar-refractivity contribution in [3.63, 3.8) is 0 Å². The van der Waals surface area contributed by atoms with Crippen molar-refractivity contribution in [3.8, 4) is 0 Å². The van der Waals surface area contributed by atoms with Crippen molar-refractivity contribution >= 4 is 34.8 Å². The van der Waals surface area contributed by atoms with E-state index in [9.17, 15) is 9.59 Å². The number of nitrogens with one attached hydrogen (secondary N) is 2. The van der Waals surface area contributed by atoms with Crippen molar-refractivity contribution in [2.45, 2.75) is 13.3 Å². The largest absolute Gasteiger partial charge is 0.326 e. The van der Waals surface area contributed by atoms with Gasteiger partial charge in [0.15, 0.2) is 0 Å². The Kier molecular flexibility index (Phi) is 5.82. The molecule has 0 bridgehead atoms. The summed E-state index contributed by atoms with van der Waals surface area (Å²) in [5.41, 5.74) is 3.98. The fraction of sp³-hybridized carbons (Fsp3) is 0.125. The first kappa shape index (κ1) is 16.6. The van der Waals surface area contributed by atoms with Crippen molar-refractivity contribution in [1.82, 2.24) is 10.4 Å². The number of amides is 2. The van der Waals surface area contributed by atoms with Crippen molar-refractivity contribution in [1.29, 1.82) is 0 Å². The fourth-order valence-corrected chi connectivity index (χ4v) is 1.85. The third-order valence-electron chi connectivity index (χ3n) is 2.84. The lowest BCUT2D eigenvalue weighted by molar-refractivity contribution is -0.115. The van der Waals surface area contributed by atoms with E-state index in [1.165, 1.54) is 12.4 Å². The van der Waals surface area contributed by atoms with E-state index in [0.29, 0.717) is 22.0 Å². The quantitative estimate of drug-likeness (QED) is 0.653. The van der Waals surface area contributed by atoms with E-state index in [4.69, 9.17) is 11.6 Å². The zero-order chi connectivity index (χ0) is 16.7. The molecule has 118 valence electrons. The molecule has 2 N–H and O–H groups in total. The van der Waals surface area contributed by atoms with Crippen molar-refractivity contribution in [2.24, 2.45) is 5.10 Å². The van der Waals surface area contributed by atoms with Crippen LogP contribution in [0.1, 0.15) is 23.7 Å². The highest BCUT2D eigenvalue weighted by Gasteiger charge is 2.07. The molecule has 6 nitrogen and oxygen atoms in total. The van der Waals surface area contributed by atoms with Gasteiger partial charge in [-0.25, -0.2) is 5.43 Å². The smallest absolute Gasteiger partial charge is 0.271 e. The van der Waals surface area contributed by atoms with Crippen LogP contribution in [0.3, 0.4) is 0 Å². The molecule has 2 aromatic rings. The molecule has 7 heteroatoms. The first-order chi connectivity index (χ1) is 11.0. The van der Waals surface area contributed by atoms with Crippen molar-refractivity contribution in [3.05, 3.63) is 59.4 Å². The molecule has 0 unspecified atom stereocenters. The van der Waals surface area contributed by atoms with E-state index >= 15 is 0 Å². The molecule has 0 saturated heterocycles. The first-order valence-electron chi connectivity index (χ1n) is 6.83. The van der Waals surface area contributed by atoms with Gasteiger partial charge in [-0.15, -0.1) is 0 Å². The van der Waals surface area contributed by atoms with E-state index in [1.807, 2.05) is 0 Å². The fourth-order valence-electron chi connectivity index (χ4n) is 1.72. The van der Waals surface area contributed by atoms with Gasteiger partial charge in [0.1, 0.15) is 0 Å². The summed E-state index contributed by atoms with van der Waals surface area (Å²) in [6, 6.07) is 9.94. The Labute approximate surface area is 138 Å². The topological polar surface area (TPSA) is 83.5 Å². The van der Waals surface area contributed by atoms with Crippen LogP contribution < -0.4 is 10.7 Å². The average molecular weight is 331 g/mol. The van der Waals surface area contributed by atoms with Crippen LogP contribution in [0.15, 0.2) is 53.9 Å². The normalized spacial score (nSPS) is 11.0. The maximum atomic E-state index is 11.9. The summed E-state index contributed by atoms with van der Waals surface area (Å²) < 4.78 is 0. The Morgan fingerprint density at radius 1 is 1.13 bits per heavy atom. The van der Waals surface area contributed by atoms with Gasteiger partial charge in [0.25, 0.3) is 5.91 Å². The number of nitrogens with zero attached hydrogens (tertiary/aromatic N) is 2. The Morgan fingerprint density at radius 2 is 1.78 bits per heavy atom. The summed E-state index contributed by atoms with van der Waals surface area (Å²) in [7, 11) is 0. The number of aromatic nitrogens is 1. The zero-order valence-corrected chi connectivity index (χ0v) is 13.2. The van der Waals surface area contributed by atoms with E-state index < -0.39 is 0 Å². The molecule has 0 atom stereocenters. The highest BCUT2D eigenvalue weighted by atomic mass is 35.5. The molecule has 0 fully saturated rings. The average Bonchev–Trinajstić information content (AvgIpc) is 2.55. The maximum Gasteiger partial charge on any atom is 0.271 e. The van der Waals surface area contributed by atoms with Crippen LogP contribution in [-0.4, -0.2) is 22.5 Å². The molecule has 2 amide bonds. The minimum Gasteiger partial charge on any atom is -0.326 e. The minimum atomic E-state index is -0.357. The van der Waals surface area contributed by atoms with Crippen LogP contribution >= 0.6 is 11.6 Å². The molecular weight excluding hydrogens is 316 g/mol. The van der Waals surface area contributed by atoms with E-state index in [1.54, 1.807) is 43.3 Å². The number of anilines is 1. The lowest BCUT2D eigenvalue weighted by Gasteiger charge is -2.05. The molecule has 0 spiro atoms. The highest BCUT2D eigenvalue weighted by Crippen LogP contribution is 2.13. The summed E-state index contributed by atoms with van der Waals surface area (Å²) in [6.07, 6.45) is 3.11. The summed E-state index contributed by atoms with van der Waals surface area (Å²) in [5, 5.41) is 7.23. The molecule has 0 saturated carbocycles. The molecule has 1 aromatic heterocycles. The van der Waals surface area contributed by atoms with Gasteiger partial charge in [-0.2, -0.15) is 5.10 Å². The van der Waals surface area contributed by atoms with Crippen LogP contribution in [0.5, 0.6) is 0 Å². The van der Waals surface area contributed by atoms with E-state index in [2.05, 4.69) is 20.8 Å². The molecule has 0 aliphatic rings. The summed E-state index contributed by atoms with van der Waals surface area (Å²) >= 11 is 5.78. The Hall–Kier alpha value is -2.73. The minimum absolute atomic E-state index is 0.0687. The van der Waals surface area contributed by atoms with Crippen LogP contribution in [0, 0.1) is 0 Å². The van der Waals surface area contributed by atoms with Gasteiger partial charge in [-0.05, 0) is 43.3 Å². The molecular formula is C16H15ClN4O2. The maximum absolute atomic E-state index is 11.9. The van der Waals surface area contributed by atoms with Gasteiger partial charge >= 0.3 is 0 Å². The number of halogens is 1. The number of pyridine rings is 1. The monoisotopic (exact) mass is 330 g/mol. The van der Waals surface area contributed by atoms with Crippen LogP contribution in [0.4, 0.5) is 5.69 Å². The zero-order valence-electron chi connectivity index (χ0n) is 12.4. The second-order valence-corrected chi connectivity index (χ2v) is 5.19. The number of carbonyl (C=O) groups is 2. The van der Waals surface area contributed by atoms with Gasteiger partial charge in [-0.1, -0.05) is 11.6 Å². The first-order valence-corrected chi connectivity index (χ1v) is 7.21. The summed E-state index contributed by atoms with van der Waals surface area (Å²) in [5.74, 6) is -0.586. The predicted molar refractivity (Wildman–Crippen MR) is 89.5 cm³/mol. The van der Waals surface area contributed by atoms with Crippen molar-refractivity contribution < 1.29 is 9.59 Å². The van der Waals surface area contributed by atoms with Crippen LogP contribution in [-0.2, 0) is 4.79 Å². The second-order valence-electron chi connectivity index (χ2n) is 4.76. The van der Waals surface area contributed by atoms with Crippen LogP contribution in [0.2, 0.25) is 5.02 Å². The van der Waals surface area contributed by atoms with Gasteiger partial charge < -0.3 is 5.32 Å². The number of hydrazone groups is 1. The van der Waals surface area contributed by atoms with E-state index in [-0.39, 0.29) is 18.2 Å². The third-order valence-corrected chi connectivity index (χ3v) is 3.09. The molecule has 1 aromatic carbocycles. The molecule has 0 radical (unpaired) electrons. The number of hydrogen-bond acceptors (Lipinski definition) is 4. The number of rotatable bonds is 5. The second kappa shape index (κ2) is 8.05. The Bertz CT molecular complexity index is 715. The number of carbonyl (C=O) groups excluding carboxylic acids is 2. The molecule has 0 aliphatic carbocycles. The predicted octanol–water partition coefficient (Wildman–Crippen LogP) is 2.87. The Morgan fingerprint density at radius 3 is 2.43 bits per heavy atom. The highest BCUT2D eigenvalue weighted by molar-refractivity contribution is 6.30. The van der Waals surface area contributed by atoms with Gasteiger partial charge in [0.2, 0.25) is 5.91 Å². The molecule has 1 heterocycles. The number of hydrogen-bond donors (Lipinski definition) is 2. The van der Waals surface area contributed by atoms with Crippen LogP contribution in [0.25, 0.3) is 0 Å². The Balaban J connectivity index is 1.85. The third kappa shape index (κ3) is 5.52. The summed E-state index contributed by atoms with van der Waals surface area (Å²) in [6.45, 7) is 1.66. The van der Waals surface area contributed by atoms with Gasteiger partial charge in [0.05, 0.1) is 6.42 Å². The SMILES string of the molecule is CC(CC(=O)Nc1ccc(Cl)cc1)=NNC(=O)c1ccncc1. The molecule has 0 aliphatic heterocycles. The lowest BCUT2D eigenvalue weighted by atomic mass is 10.2. The van der Waals surface area contributed by atoms with Gasteiger partial charge in [0, 0.05) is 34.4 Å². The lowest BCUT2D eigenvalue weighted by Crippen LogP contribution is -2.21. The van der Waals surface area contributed by atoms with Gasteiger partial charge in [-0.3, -0.25) is 14.6 Å².